The first-order valence-corrected chi connectivity index (χ1v) is 7.59. The number of hydrogen-bond donors (Lipinski definition) is 1. The van der Waals surface area contributed by atoms with E-state index in [0.29, 0.717) is 6.54 Å². The summed E-state index contributed by atoms with van der Waals surface area (Å²) >= 11 is 0. The van der Waals surface area contributed by atoms with Crippen LogP contribution < -0.4 is 10.6 Å². The molecule has 0 aliphatic rings. The van der Waals surface area contributed by atoms with Crippen LogP contribution in [0.4, 0.5) is 5.69 Å². The average molecular weight is 286 g/mol. The monoisotopic (exact) mass is 286 g/mol. The fourth-order valence-electron chi connectivity index (χ4n) is 2.79. The van der Waals surface area contributed by atoms with Gasteiger partial charge in [-0.15, -0.1) is 0 Å². The van der Waals surface area contributed by atoms with E-state index >= 15 is 0 Å². The Morgan fingerprint density at radius 1 is 1.33 bits per heavy atom. The molecule has 0 saturated carbocycles. The largest absolute Gasteiger partial charge is 0.366 e. The van der Waals surface area contributed by atoms with Crippen LogP contribution in [0.1, 0.15) is 36.1 Å². The van der Waals surface area contributed by atoms with Crippen molar-refractivity contribution < 1.29 is 0 Å². The number of nitrogens with zero attached hydrogens (tertiary/aromatic N) is 3. The van der Waals surface area contributed by atoms with Crippen LogP contribution >= 0.6 is 0 Å². The van der Waals surface area contributed by atoms with E-state index in [1.54, 1.807) is 0 Å². The molecule has 4 nitrogen and oxygen atoms in total. The van der Waals surface area contributed by atoms with Gasteiger partial charge in [-0.1, -0.05) is 24.6 Å². The van der Waals surface area contributed by atoms with Crippen LogP contribution in [0.25, 0.3) is 0 Å². The zero-order chi connectivity index (χ0) is 15.4. The predicted octanol–water partition coefficient (Wildman–Crippen LogP) is 3.05. The van der Waals surface area contributed by atoms with Gasteiger partial charge in [0.05, 0.1) is 12.2 Å². The Kier molecular flexibility index (Phi) is 5.02. The first-order valence-electron chi connectivity index (χ1n) is 7.59. The zero-order valence-electron chi connectivity index (χ0n) is 13.5. The van der Waals surface area contributed by atoms with Gasteiger partial charge in [-0.25, -0.2) is 0 Å². The molecule has 21 heavy (non-hydrogen) atoms. The van der Waals surface area contributed by atoms with Gasteiger partial charge >= 0.3 is 0 Å². The first-order chi connectivity index (χ1) is 10.1. The fourth-order valence-corrected chi connectivity index (χ4v) is 2.79. The minimum Gasteiger partial charge on any atom is -0.366 e. The van der Waals surface area contributed by atoms with E-state index in [-0.39, 0.29) is 6.04 Å². The highest BCUT2D eigenvalue weighted by atomic mass is 15.3. The number of anilines is 1. The molecule has 2 rings (SSSR count). The second kappa shape index (κ2) is 6.76. The van der Waals surface area contributed by atoms with Crippen LogP contribution in [0.5, 0.6) is 0 Å². The quantitative estimate of drug-likeness (QED) is 0.888. The van der Waals surface area contributed by atoms with E-state index < -0.39 is 0 Å². The van der Waals surface area contributed by atoms with E-state index in [1.807, 2.05) is 10.9 Å². The number of hydrogen-bond acceptors (Lipinski definition) is 3. The molecule has 0 bridgehead atoms. The van der Waals surface area contributed by atoms with Gasteiger partial charge in [0.15, 0.2) is 0 Å². The Balaban J connectivity index is 2.26. The molecular weight excluding hydrogens is 260 g/mol. The second-order valence-corrected chi connectivity index (χ2v) is 5.69. The number of likely N-dealkylation sites (N-methyl/N-ethyl adjacent to an activating group) is 1. The van der Waals surface area contributed by atoms with Crippen molar-refractivity contribution in [2.24, 2.45) is 5.73 Å². The molecule has 1 atom stereocenters. The number of nitrogens with two attached hydrogens (primary N) is 1. The molecule has 0 amide bonds. The van der Waals surface area contributed by atoms with Gasteiger partial charge in [0.25, 0.3) is 0 Å². The third kappa shape index (κ3) is 3.45. The fraction of sp³-hybridized carbons (Fsp3) is 0.471. The van der Waals surface area contributed by atoms with Crippen LogP contribution in [-0.4, -0.2) is 23.4 Å². The van der Waals surface area contributed by atoms with Crippen LogP contribution in [0.2, 0.25) is 0 Å². The number of aromatic nitrogens is 2. The standard InChI is InChI=1S/C17H26N4/c1-5-8-21-12-15(11-19-21)17(10-18)20(4)16-7-6-13(2)9-14(16)3/h6-7,9,11-12,17H,5,8,10,18H2,1-4H3. The average Bonchev–Trinajstić information content (AvgIpc) is 2.88. The van der Waals surface area contributed by atoms with Gasteiger partial charge in [-0.2, -0.15) is 5.10 Å². The highest BCUT2D eigenvalue weighted by molar-refractivity contribution is 5.55. The van der Waals surface area contributed by atoms with Crippen molar-refractivity contribution in [1.82, 2.24) is 9.78 Å². The molecule has 2 aromatic rings. The van der Waals surface area contributed by atoms with Gasteiger partial charge in [0, 0.05) is 37.6 Å². The highest BCUT2D eigenvalue weighted by Crippen LogP contribution is 2.28. The molecule has 0 aliphatic carbocycles. The zero-order valence-corrected chi connectivity index (χ0v) is 13.5. The van der Waals surface area contributed by atoms with Crippen LogP contribution in [0, 0.1) is 13.8 Å². The maximum absolute atomic E-state index is 6.03. The Labute approximate surface area is 127 Å². The van der Waals surface area contributed by atoms with Gasteiger partial charge in [0.1, 0.15) is 0 Å². The molecule has 0 spiro atoms. The molecule has 4 heteroatoms. The lowest BCUT2D eigenvalue weighted by molar-refractivity contribution is 0.600. The van der Waals surface area contributed by atoms with Crippen molar-refractivity contribution in [3.63, 3.8) is 0 Å². The van der Waals surface area contributed by atoms with Crippen molar-refractivity contribution in [2.75, 3.05) is 18.5 Å². The van der Waals surface area contributed by atoms with Crippen LogP contribution in [0.3, 0.4) is 0 Å². The maximum Gasteiger partial charge on any atom is 0.0692 e. The smallest absolute Gasteiger partial charge is 0.0692 e. The topological polar surface area (TPSA) is 47.1 Å². The van der Waals surface area contributed by atoms with E-state index in [1.165, 1.54) is 22.4 Å². The van der Waals surface area contributed by atoms with Crippen molar-refractivity contribution in [3.8, 4) is 0 Å². The molecule has 1 heterocycles. The van der Waals surface area contributed by atoms with Gasteiger partial charge < -0.3 is 10.6 Å². The Morgan fingerprint density at radius 3 is 2.71 bits per heavy atom. The summed E-state index contributed by atoms with van der Waals surface area (Å²) in [5.74, 6) is 0. The summed E-state index contributed by atoms with van der Waals surface area (Å²) < 4.78 is 1.99. The maximum atomic E-state index is 6.03. The summed E-state index contributed by atoms with van der Waals surface area (Å²) in [6.45, 7) is 7.94. The summed E-state index contributed by atoms with van der Waals surface area (Å²) in [6, 6.07) is 6.67. The van der Waals surface area contributed by atoms with Gasteiger partial charge in [-0.05, 0) is 31.9 Å². The molecule has 0 fully saturated rings. The normalized spacial score (nSPS) is 12.4. The molecule has 0 aliphatic heterocycles. The molecular formula is C17H26N4. The molecule has 0 radical (unpaired) electrons. The highest BCUT2D eigenvalue weighted by Gasteiger charge is 2.19. The summed E-state index contributed by atoms with van der Waals surface area (Å²) in [7, 11) is 2.10. The van der Waals surface area contributed by atoms with E-state index in [9.17, 15) is 0 Å². The molecule has 1 unspecified atom stereocenters. The van der Waals surface area contributed by atoms with Crippen molar-refractivity contribution in [3.05, 3.63) is 47.3 Å². The van der Waals surface area contributed by atoms with Gasteiger partial charge in [0.2, 0.25) is 0 Å². The van der Waals surface area contributed by atoms with Crippen LogP contribution in [0.15, 0.2) is 30.6 Å². The predicted molar refractivity (Wildman–Crippen MR) is 88.6 cm³/mol. The van der Waals surface area contributed by atoms with E-state index in [0.717, 1.165) is 13.0 Å². The molecule has 114 valence electrons. The van der Waals surface area contributed by atoms with E-state index in [4.69, 9.17) is 5.73 Å². The Hall–Kier alpha value is -1.81. The number of rotatable bonds is 6. The van der Waals surface area contributed by atoms with Crippen molar-refractivity contribution in [2.45, 2.75) is 39.8 Å². The molecule has 1 aromatic heterocycles. The van der Waals surface area contributed by atoms with Crippen molar-refractivity contribution >= 4 is 5.69 Å². The molecule has 0 saturated heterocycles. The first kappa shape index (κ1) is 15.6. The lowest BCUT2D eigenvalue weighted by atomic mass is 10.1. The second-order valence-electron chi connectivity index (χ2n) is 5.69. The third-order valence-corrected chi connectivity index (χ3v) is 3.91. The summed E-state index contributed by atoms with van der Waals surface area (Å²) in [5, 5.41) is 4.42. The lowest BCUT2D eigenvalue weighted by Crippen LogP contribution is -2.30. The third-order valence-electron chi connectivity index (χ3n) is 3.91. The van der Waals surface area contributed by atoms with Crippen molar-refractivity contribution in [1.29, 1.82) is 0 Å². The summed E-state index contributed by atoms with van der Waals surface area (Å²) in [5.41, 5.74) is 11.0. The number of benzene rings is 1. The summed E-state index contributed by atoms with van der Waals surface area (Å²) in [6.07, 6.45) is 5.13. The molecule has 2 N–H and O–H groups in total. The summed E-state index contributed by atoms with van der Waals surface area (Å²) in [4.78, 5) is 2.25. The van der Waals surface area contributed by atoms with Gasteiger partial charge in [-0.3, -0.25) is 4.68 Å². The Morgan fingerprint density at radius 2 is 2.10 bits per heavy atom. The molecule has 1 aromatic carbocycles. The Bertz CT molecular complexity index is 588. The van der Waals surface area contributed by atoms with E-state index in [2.05, 4.69) is 62.2 Å². The number of aryl methyl sites for hydroxylation is 3. The van der Waals surface area contributed by atoms with Crippen LogP contribution in [-0.2, 0) is 6.54 Å². The minimum absolute atomic E-state index is 0.150. The SMILES string of the molecule is CCCn1cc(C(CN)N(C)c2ccc(C)cc2C)cn1. The lowest BCUT2D eigenvalue weighted by Gasteiger charge is -2.30. The minimum atomic E-state index is 0.150.